The van der Waals surface area contributed by atoms with Gasteiger partial charge in [-0.2, -0.15) is 0 Å². The topological polar surface area (TPSA) is 71.4 Å². The predicted octanol–water partition coefficient (Wildman–Crippen LogP) is 5.67. The molecule has 0 amide bonds. The third-order valence-corrected chi connectivity index (χ3v) is 10.8. The van der Waals surface area contributed by atoms with Gasteiger partial charge < -0.3 is 5.11 Å². The number of fused-ring (bicyclic) bond motifs is 5. The lowest BCUT2D eigenvalue weighted by molar-refractivity contribution is -0.158. The van der Waals surface area contributed by atoms with Crippen molar-refractivity contribution in [2.45, 2.75) is 98.3 Å². The Morgan fingerprint density at radius 2 is 1.77 bits per heavy atom. The number of carboxylic acid groups (broad SMARTS) is 1. The largest absolute Gasteiger partial charge is 0.481 e. The van der Waals surface area contributed by atoms with E-state index in [1.54, 1.807) is 6.92 Å². The van der Waals surface area contributed by atoms with Gasteiger partial charge in [0.1, 0.15) is 11.6 Å². The minimum Gasteiger partial charge on any atom is -0.481 e. The molecule has 168 valence electrons. The van der Waals surface area contributed by atoms with Gasteiger partial charge in [-0.25, -0.2) is 0 Å². The molecule has 0 aromatic carbocycles. The van der Waals surface area contributed by atoms with Crippen molar-refractivity contribution in [3.8, 4) is 0 Å². The Bertz CT molecular complexity index is 743. The molecular weight excluding hydrogens is 376 g/mol. The highest BCUT2D eigenvalue weighted by atomic mass is 16.4. The summed E-state index contributed by atoms with van der Waals surface area (Å²) in [5, 5.41) is 9.13. The number of carboxylic acids is 1. The number of rotatable bonds is 5. The second kappa shape index (κ2) is 7.45. The molecule has 30 heavy (non-hydrogen) atoms. The summed E-state index contributed by atoms with van der Waals surface area (Å²) < 4.78 is 0. The van der Waals surface area contributed by atoms with Crippen molar-refractivity contribution in [2.24, 2.45) is 45.8 Å². The van der Waals surface area contributed by atoms with Gasteiger partial charge in [-0.05, 0) is 99.2 Å². The number of carbonyl (C=O) groups excluding carboxylic acids is 2. The standard InChI is InChI=1S/C26H40O4/c1-16-15-24(3)18(14-22(16)28)7-8-19-20(24)9-12-25(4)21(19)10-13-26(25,17(2)27)11-5-6-23(29)30/h16,18-21H,5-15H2,1-4H3,(H,29,30)/t16?,18-,19+,20-,21-,24-,25-,26+/m0/s1. The van der Waals surface area contributed by atoms with E-state index in [-0.39, 0.29) is 34.4 Å². The molecule has 8 atom stereocenters. The van der Waals surface area contributed by atoms with E-state index < -0.39 is 5.97 Å². The molecular formula is C26H40O4. The van der Waals surface area contributed by atoms with Gasteiger partial charge in [0.2, 0.25) is 0 Å². The van der Waals surface area contributed by atoms with Crippen LogP contribution < -0.4 is 0 Å². The number of Topliss-reactive ketones (excluding diaryl/α,β-unsaturated/α-hetero) is 2. The number of ketones is 2. The van der Waals surface area contributed by atoms with E-state index in [9.17, 15) is 14.4 Å². The quantitative estimate of drug-likeness (QED) is 0.626. The van der Waals surface area contributed by atoms with Crippen molar-refractivity contribution in [3.63, 3.8) is 0 Å². The normalized spacial score (nSPS) is 47.9. The molecule has 0 saturated heterocycles. The van der Waals surface area contributed by atoms with Crippen LogP contribution in [0.1, 0.15) is 98.3 Å². The van der Waals surface area contributed by atoms with Crippen molar-refractivity contribution in [3.05, 3.63) is 0 Å². The van der Waals surface area contributed by atoms with Gasteiger partial charge in [-0.15, -0.1) is 0 Å². The van der Waals surface area contributed by atoms with Crippen LogP contribution in [0, 0.1) is 45.8 Å². The van der Waals surface area contributed by atoms with Crippen LogP contribution in [0.15, 0.2) is 0 Å². The first-order valence-electron chi connectivity index (χ1n) is 12.3. The fourth-order valence-electron chi connectivity index (χ4n) is 9.25. The molecule has 0 bridgehead atoms. The van der Waals surface area contributed by atoms with E-state index in [1.165, 1.54) is 12.8 Å². The highest BCUT2D eigenvalue weighted by Crippen LogP contribution is 2.71. The maximum absolute atomic E-state index is 13.0. The lowest BCUT2D eigenvalue weighted by atomic mass is 9.42. The van der Waals surface area contributed by atoms with E-state index in [0.717, 1.165) is 44.9 Å². The van der Waals surface area contributed by atoms with Gasteiger partial charge in [0.15, 0.2) is 0 Å². The van der Waals surface area contributed by atoms with Crippen LogP contribution in [0.25, 0.3) is 0 Å². The van der Waals surface area contributed by atoms with Gasteiger partial charge >= 0.3 is 5.97 Å². The summed E-state index contributed by atoms with van der Waals surface area (Å²) >= 11 is 0. The van der Waals surface area contributed by atoms with Crippen molar-refractivity contribution in [1.29, 1.82) is 0 Å². The molecule has 1 unspecified atom stereocenters. The third-order valence-electron chi connectivity index (χ3n) is 10.8. The van der Waals surface area contributed by atoms with Crippen molar-refractivity contribution in [1.82, 2.24) is 0 Å². The van der Waals surface area contributed by atoms with Crippen LogP contribution in [0.2, 0.25) is 0 Å². The summed E-state index contributed by atoms with van der Waals surface area (Å²) in [5.74, 6) is 2.62. The molecule has 4 aliphatic rings. The first kappa shape index (κ1) is 22.0. The monoisotopic (exact) mass is 416 g/mol. The van der Waals surface area contributed by atoms with E-state index in [4.69, 9.17) is 5.11 Å². The van der Waals surface area contributed by atoms with E-state index in [1.807, 2.05) is 0 Å². The fraction of sp³-hybridized carbons (Fsp3) is 0.885. The summed E-state index contributed by atoms with van der Waals surface area (Å²) in [7, 11) is 0. The Labute approximate surface area is 181 Å². The lowest BCUT2D eigenvalue weighted by Crippen LogP contribution is -2.56. The van der Waals surface area contributed by atoms with E-state index in [0.29, 0.717) is 35.9 Å². The van der Waals surface area contributed by atoms with E-state index >= 15 is 0 Å². The molecule has 4 saturated carbocycles. The van der Waals surface area contributed by atoms with Crippen LogP contribution in [0.3, 0.4) is 0 Å². The molecule has 0 heterocycles. The van der Waals surface area contributed by atoms with Crippen LogP contribution in [-0.4, -0.2) is 22.6 Å². The maximum Gasteiger partial charge on any atom is 0.303 e. The average Bonchev–Trinajstić information content (AvgIpc) is 2.96. The maximum atomic E-state index is 13.0. The molecule has 4 heteroatoms. The van der Waals surface area contributed by atoms with Crippen LogP contribution in [-0.2, 0) is 14.4 Å². The molecule has 0 aliphatic heterocycles. The zero-order valence-corrected chi connectivity index (χ0v) is 19.3. The Kier molecular flexibility index (Phi) is 5.47. The molecule has 1 N–H and O–H groups in total. The van der Waals surface area contributed by atoms with Gasteiger partial charge in [0.05, 0.1) is 0 Å². The Morgan fingerprint density at radius 3 is 2.43 bits per heavy atom. The van der Waals surface area contributed by atoms with E-state index in [2.05, 4.69) is 20.8 Å². The second-order valence-corrected chi connectivity index (χ2v) is 11.8. The Balaban J connectivity index is 1.61. The zero-order chi connectivity index (χ0) is 21.9. The lowest BCUT2D eigenvalue weighted by Gasteiger charge is -2.62. The Hall–Kier alpha value is -1.19. The first-order chi connectivity index (χ1) is 14.0. The molecule has 0 radical (unpaired) electrons. The molecule has 4 nitrogen and oxygen atoms in total. The smallest absolute Gasteiger partial charge is 0.303 e. The van der Waals surface area contributed by atoms with Crippen molar-refractivity contribution in [2.75, 3.05) is 0 Å². The fourth-order valence-corrected chi connectivity index (χ4v) is 9.25. The number of hydrogen-bond acceptors (Lipinski definition) is 3. The predicted molar refractivity (Wildman–Crippen MR) is 116 cm³/mol. The first-order valence-corrected chi connectivity index (χ1v) is 12.3. The summed E-state index contributed by atoms with van der Waals surface area (Å²) in [6, 6.07) is 0. The van der Waals surface area contributed by atoms with Crippen molar-refractivity contribution < 1.29 is 19.5 Å². The molecule has 4 aliphatic carbocycles. The molecule has 0 aromatic rings. The minimum atomic E-state index is -0.760. The van der Waals surface area contributed by atoms with Gasteiger partial charge in [-0.1, -0.05) is 20.8 Å². The van der Waals surface area contributed by atoms with Gasteiger partial charge in [-0.3, -0.25) is 14.4 Å². The number of aliphatic carboxylic acids is 1. The number of hydrogen-bond donors (Lipinski definition) is 1. The summed E-state index contributed by atoms with van der Waals surface area (Å²) in [6.07, 6.45) is 9.96. The van der Waals surface area contributed by atoms with Gasteiger partial charge in [0.25, 0.3) is 0 Å². The molecule has 0 aromatic heterocycles. The summed E-state index contributed by atoms with van der Waals surface area (Å²) in [5.41, 5.74) is -0.0776. The highest BCUT2D eigenvalue weighted by Gasteiger charge is 2.66. The van der Waals surface area contributed by atoms with Crippen LogP contribution >= 0.6 is 0 Å². The highest BCUT2D eigenvalue weighted by molar-refractivity contribution is 5.84. The average molecular weight is 417 g/mol. The SMILES string of the molecule is CC(=O)[C@@]1(CCCC(=O)O)CC[C@H]2[C@@H]3CC[C@H]4CC(=O)C(C)C[C@]4(C)[C@H]3CC[C@@]21C. The third kappa shape index (κ3) is 3.03. The molecule has 4 rings (SSSR count). The Morgan fingerprint density at radius 1 is 1.07 bits per heavy atom. The molecule has 0 spiro atoms. The van der Waals surface area contributed by atoms with Crippen molar-refractivity contribution >= 4 is 17.5 Å². The second-order valence-electron chi connectivity index (χ2n) is 11.8. The molecule has 4 fully saturated rings. The van der Waals surface area contributed by atoms with Crippen LogP contribution in [0.5, 0.6) is 0 Å². The summed E-state index contributed by atoms with van der Waals surface area (Å²) in [4.78, 5) is 36.6. The zero-order valence-electron chi connectivity index (χ0n) is 19.3. The minimum absolute atomic E-state index is 0.00218. The number of carbonyl (C=O) groups is 3. The van der Waals surface area contributed by atoms with Crippen LogP contribution in [0.4, 0.5) is 0 Å². The summed E-state index contributed by atoms with van der Waals surface area (Å²) in [6.45, 7) is 8.72. The van der Waals surface area contributed by atoms with Gasteiger partial charge in [0, 0.05) is 24.2 Å².